The van der Waals surface area contributed by atoms with E-state index in [1.165, 1.54) is 0 Å². The number of aliphatic carboxylic acids is 1. The Kier molecular flexibility index (Phi) is 8.43. The number of carboxylic acids is 1. The summed E-state index contributed by atoms with van der Waals surface area (Å²) in [6.45, 7) is 0.390. The predicted octanol–water partition coefficient (Wildman–Crippen LogP) is 4.61. The van der Waals surface area contributed by atoms with Gasteiger partial charge in [0, 0.05) is 24.0 Å². The molecule has 4 rings (SSSR count). The fourth-order valence-electron chi connectivity index (χ4n) is 3.18. The maximum atomic E-state index is 11.7. The van der Waals surface area contributed by atoms with Crippen LogP contribution in [0.1, 0.15) is 12.8 Å². The molecule has 6 nitrogen and oxygen atoms in total. The fraction of sp³-hybridized carbons (Fsp3) is 0.192. The lowest BCUT2D eigenvalue weighted by Crippen LogP contribution is -2.33. The Balaban J connectivity index is 0.000000427. The zero-order valence-electron chi connectivity index (χ0n) is 17.6. The van der Waals surface area contributed by atoms with Gasteiger partial charge in [0.2, 0.25) is 0 Å². The molecule has 3 N–H and O–H groups in total. The predicted molar refractivity (Wildman–Crippen MR) is 124 cm³/mol. The highest BCUT2D eigenvalue weighted by atomic mass is 16.7. The quantitative estimate of drug-likeness (QED) is 0.277. The molecule has 0 saturated heterocycles. The third-order valence-corrected chi connectivity index (χ3v) is 4.74. The monoisotopic (exact) mass is 434 g/mol. The smallest absolute Gasteiger partial charge is 0.387 e. The molecule has 0 amide bonds. The zero-order chi connectivity index (χ0) is 22.8. The normalized spacial score (nSPS) is 10.6. The van der Waals surface area contributed by atoms with Crippen molar-refractivity contribution in [2.75, 3.05) is 13.2 Å². The zero-order valence-corrected chi connectivity index (χ0v) is 17.6. The van der Waals surface area contributed by atoms with Gasteiger partial charge < -0.3 is 24.8 Å². The summed E-state index contributed by atoms with van der Waals surface area (Å²) in [6, 6.07) is 26.3. The number of benzene rings is 4. The van der Waals surface area contributed by atoms with Gasteiger partial charge in [-0.2, -0.15) is 0 Å². The van der Waals surface area contributed by atoms with Crippen molar-refractivity contribution >= 4 is 27.5 Å². The molecule has 32 heavy (non-hydrogen) atoms. The van der Waals surface area contributed by atoms with Crippen molar-refractivity contribution in [2.24, 2.45) is 0 Å². The second-order valence-electron chi connectivity index (χ2n) is 7.01. The van der Waals surface area contributed by atoms with Crippen LogP contribution in [0.5, 0.6) is 11.5 Å². The Morgan fingerprint density at radius 3 is 1.47 bits per heavy atom. The summed E-state index contributed by atoms with van der Waals surface area (Å²) in [5.41, 5.74) is 0. The van der Waals surface area contributed by atoms with E-state index < -0.39 is 12.3 Å². The van der Waals surface area contributed by atoms with Crippen molar-refractivity contribution in [2.45, 2.75) is 19.1 Å². The minimum Gasteiger partial charge on any atom is -0.476 e. The minimum atomic E-state index is -1.45. The van der Waals surface area contributed by atoms with Crippen molar-refractivity contribution in [3.63, 3.8) is 0 Å². The van der Waals surface area contributed by atoms with Crippen molar-refractivity contribution in [1.82, 2.24) is 0 Å². The van der Waals surface area contributed by atoms with Crippen LogP contribution in [0.4, 0.5) is 0 Å². The van der Waals surface area contributed by atoms with Crippen molar-refractivity contribution in [3.8, 4) is 11.5 Å². The Bertz CT molecular complexity index is 1060. The van der Waals surface area contributed by atoms with E-state index in [0.29, 0.717) is 11.5 Å². The number of hydrogen-bond acceptors (Lipinski definition) is 5. The number of carboxylic acid groups (broad SMARTS) is 1. The largest absolute Gasteiger partial charge is 0.476 e. The maximum absolute atomic E-state index is 11.7. The van der Waals surface area contributed by atoms with Gasteiger partial charge >= 0.3 is 12.3 Å². The van der Waals surface area contributed by atoms with Gasteiger partial charge in [-0.3, -0.25) is 0 Å². The number of rotatable bonds is 8. The summed E-state index contributed by atoms with van der Waals surface area (Å²) in [5.74, 6) is -0.252. The molecule has 0 aliphatic rings. The number of fused-ring (bicyclic) bond motifs is 2. The highest BCUT2D eigenvalue weighted by Crippen LogP contribution is 2.29. The molecule has 0 spiro atoms. The Morgan fingerprint density at radius 1 is 0.656 bits per heavy atom. The van der Waals surface area contributed by atoms with E-state index in [0.717, 1.165) is 34.4 Å². The van der Waals surface area contributed by atoms with Crippen molar-refractivity contribution in [1.29, 1.82) is 0 Å². The van der Waals surface area contributed by atoms with E-state index in [4.69, 9.17) is 19.7 Å². The highest BCUT2D eigenvalue weighted by Gasteiger charge is 2.23. The Morgan fingerprint density at radius 2 is 1.06 bits per heavy atom. The molecule has 0 bridgehead atoms. The molecule has 0 unspecified atom stereocenters. The number of unbranched alkanes of at least 4 members (excludes halogenated alkanes) is 1. The molecular weight excluding hydrogens is 408 g/mol. The number of aliphatic hydroxyl groups excluding tert-OH is 2. The first-order valence-electron chi connectivity index (χ1n) is 10.4. The SMILES string of the molecule is O=C(O)C(Oc1cccc2ccccc12)Oc1cccc2ccccc12.OCCCCO. The summed E-state index contributed by atoms with van der Waals surface area (Å²) in [7, 11) is 0. The maximum Gasteiger partial charge on any atom is 0.387 e. The lowest BCUT2D eigenvalue weighted by Gasteiger charge is -2.19. The van der Waals surface area contributed by atoms with Crippen LogP contribution in [-0.2, 0) is 4.79 Å². The van der Waals surface area contributed by atoms with Crippen LogP contribution in [0.2, 0.25) is 0 Å². The minimum absolute atomic E-state index is 0.195. The molecule has 4 aromatic carbocycles. The van der Waals surface area contributed by atoms with Gasteiger partial charge in [-0.25, -0.2) is 4.79 Å². The summed E-state index contributed by atoms with van der Waals surface area (Å²) < 4.78 is 11.4. The van der Waals surface area contributed by atoms with Crippen molar-refractivity contribution < 1.29 is 29.6 Å². The highest BCUT2D eigenvalue weighted by molar-refractivity contribution is 5.89. The summed E-state index contributed by atoms with van der Waals surface area (Å²) in [6.07, 6.45) is -0.0147. The first kappa shape index (κ1) is 23.1. The van der Waals surface area contributed by atoms with E-state index in [-0.39, 0.29) is 13.2 Å². The fourth-order valence-corrected chi connectivity index (χ4v) is 3.18. The van der Waals surface area contributed by atoms with Gasteiger partial charge in [0.25, 0.3) is 0 Å². The number of ether oxygens (including phenoxy) is 2. The third-order valence-electron chi connectivity index (χ3n) is 4.74. The number of hydrogen-bond donors (Lipinski definition) is 3. The molecule has 4 aromatic rings. The topological polar surface area (TPSA) is 96.2 Å². The molecule has 0 saturated carbocycles. The lowest BCUT2D eigenvalue weighted by atomic mass is 10.1. The molecule has 0 radical (unpaired) electrons. The molecule has 0 aromatic heterocycles. The second kappa shape index (κ2) is 11.7. The summed E-state index contributed by atoms with van der Waals surface area (Å²) >= 11 is 0. The van der Waals surface area contributed by atoms with Crippen LogP contribution in [0.25, 0.3) is 21.5 Å². The summed E-state index contributed by atoms with van der Waals surface area (Å²) in [5, 5.41) is 29.4. The second-order valence-corrected chi connectivity index (χ2v) is 7.01. The van der Waals surface area contributed by atoms with Crippen LogP contribution >= 0.6 is 0 Å². The first-order chi connectivity index (χ1) is 15.6. The molecule has 0 aliphatic carbocycles. The van der Waals surface area contributed by atoms with E-state index in [1.807, 2.05) is 72.8 Å². The molecule has 0 atom stereocenters. The Hall–Kier alpha value is -3.61. The average molecular weight is 434 g/mol. The van der Waals surface area contributed by atoms with Crippen LogP contribution in [-0.4, -0.2) is 40.8 Å². The van der Waals surface area contributed by atoms with Gasteiger partial charge in [-0.15, -0.1) is 0 Å². The molecule has 6 heteroatoms. The summed E-state index contributed by atoms with van der Waals surface area (Å²) in [4.78, 5) is 11.7. The molecule has 166 valence electrons. The number of carbonyl (C=O) groups is 1. The molecule has 0 fully saturated rings. The van der Waals surface area contributed by atoms with Crippen LogP contribution in [0.3, 0.4) is 0 Å². The average Bonchev–Trinajstić information content (AvgIpc) is 2.83. The molecular formula is C26H26O6. The van der Waals surface area contributed by atoms with Gasteiger partial charge in [0.1, 0.15) is 11.5 Å². The van der Waals surface area contributed by atoms with Crippen LogP contribution in [0.15, 0.2) is 84.9 Å². The van der Waals surface area contributed by atoms with E-state index in [1.54, 1.807) is 12.1 Å². The van der Waals surface area contributed by atoms with Crippen molar-refractivity contribution in [3.05, 3.63) is 84.9 Å². The molecule has 0 aliphatic heterocycles. The van der Waals surface area contributed by atoms with Gasteiger partial charge in [0.15, 0.2) is 0 Å². The van der Waals surface area contributed by atoms with E-state index >= 15 is 0 Å². The third kappa shape index (κ3) is 5.97. The van der Waals surface area contributed by atoms with E-state index in [2.05, 4.69) is 0 Å². The van der Waals surface area contributed by atoms with E-state index in [9.17, 15) is 9.90 Å². The van der Waals surface area contributed by atoms with Gasteiger partial charge in [0.05, 0.1) is 0 Å². The number of aliphatic hydroxyl groups is 2. The van der Waals surface area contributed by atoms with Crippen LogP contribution in [0, 0.1) is 0 Å². The van der Waals surface area contributed by atoms with Gasteiger partial charge in [-0.05, 0) is 35.7 Å². The first-order valence-corrected chi connectivity index (χ1v) is 10.4. The Labute approximate surface area is 186 Å². The van der Waals surface area contributed by atoms with Gasteiger partial charge in [-0.1, -0.05) is 72.8 Å². The molecule has 0 heterocycles. The lowest BCUT2D eigenvalue weighted by molar-refractivity contribution is -0.158. The van der Waals surface area contributed by atoms with Crippen LogP contribution < -0.4 is 9.47 Å². The standard InChI is InChI=1S/C22H16O4.C4H10O2/c23-21(24)22(25-19-13-5-9-15-7-1-3-11-17(15)19)26-20-14-6-10-16-8-2-4-12-18(16)20;5-3-1-2-4-6/h1-14,22H,(H,23,24);5-6H,1-4H2.